The van der Waals surface area contributed by atoms with Crippen molar-refractivity contribution in [2.24, 2.45) is 0 Å². The first-order valence-corrected chi connectivity index (χ1v) is 5.96. The molecule has 1 aromatic carbocycles. The maximum atomic E-state index is 13.8. The Balaban J connectivity index is 2.07. The van der Waals surface area contributed by atoms with Crippen molar-refractivity contribution in [3.63, 3.8) is 0 Å². The molecule has 1 fully saturated rings. The molecule has 0 saturated carbocycles. The van der Waals surface area contributed by atoms with E-state index in [1.807, 2.05) is 0 Å². The molecular weight excluding hydrogens is 275 g/mol. The molecule has 1 aliphatic rings. The standard InChI is InChI=1S/C13H12F3NO3/c14-9-1-2-10(15)8(5-9)6-11(18)17-4-3-13(16,7-17)12(19)20/h1-2,5H,3-4,6-7H2,(H,19,20). The van der Waals surface area contributed by atoms with Crippen LogP contribution in [0.4, 0.5) is 13.2 Å². The van der Waals surface area contributed by atoms with Gasteiger partial charge in [0.25, 0.3) is 0 Å². The van der Waals surface area contributed by atoms with Crippen LogP contribution in [-0.4, -0.2) is 40.6 Å². The van der Waals surface area contributed by atoms with E-state index in [1.165, 1.54) is 0 Å². The Bertz CT molecular complexity index is 564. The van der Waals surface area contributed by atoms with E-state index in [1.54, 1.807) is 0 Å². The van der Waals surface area contributed by atoms with Crippen LogP contribution in [0.1, 0.15) is 12.0 Å². The molecule has 1 saturated heterocycles. The predicted molar refractivity (Wildman–Crippen MR) is 62.7 cm³/mol. The first kappa shape index (κ1) is 14.4. The predicted octanol–water partition coefficient (Wildman–Crippen LogP) is 1.53. The monoisotopic (exact) mass is 287 g/mol. The second-order valence-corrected chi connectivity index (χ2v) is 4.75. The number of benzene rings is 1. The molecule has 1 aromatic rings. The number of amides is 1. The number of carbonyl (C=O) groups is 2. The third-order valence-electron chi connectivity index (χ3n) is 3.30. The molecule has 0 aromatic heterocycles. The van der Waals surface area contributed by atoms with Crippen molar-refractivity contribution in [1.29, 1.82) is 0 Å². The van der Waals surface area contributed by atoms with Gasteiger partial charge in [0.2, 0.25) is 11.6 Å². The van der Waals surface area contributed by atoms with Gasteiger partial charge in [0.15, 0.2) is 0 Å². The lowest BCUT2D eigenvalue weighted by molar-refractivity contribution is -0.150. The Kier molecular flexibility index (Phi) is 3.69. The molecule has 20 heavy (non-hydrogen) atoms. The Labute approximate surface area is 112 Å². The first-order chi connectivity index (χ1) is 9.32. The lowest BCUT2D eigenvalue weighted by Crippen LogP contribution is -2.39. The van der Waals surface area contributed by atoms with E-state index < -0.39 is 42.1 Å². The smallest absolute Gasteiger partial charge is 0.343 e. The van der Waals surface area contributed by atoms with Gasteiger partial charge in [0.1, 0.15) is 11.6 Å². The third kappa shape index (κ3) is 2.76. The largest absolute Gasteiger partial charge is 0.479 e. The highest BCUT2D eigenvalue weighted by Gasteiger charge is 2.46. The zero-order valence-electron chi connectivity index (χ0n) is 10.4. The number of hydrogen-bond donors (Lipinski definition) is 1. The summed E-state index contributed by atoms with van der Waals surface area (Å²) in [7, 11) is 0. The number of alkyl halides is 1. The van der Waals surface area contributed by atoms with Crippen molar-refractivity contribution in [2.45, 2.75) is 18.5 Å². The molecule has 2 rings (SSSR count). The normalized spacial score (nSPS) is 22.1. The molecule has 1 atom stereocenters. The van der Waals surface area contributed by atoms with Crippen molar-refractivity contribution in [3.8, 4) is 0 Å². The van der Waals surface area contributed by atoms with Crippen LogP contribution in [0.25, 0.3) is 0 Å². The molecule has 0 spiro atoms. The van der Waals surface area contributed by atoms with Crippen molar-refractivity contribution in [2.75, 3.05) is 13.1 Å². The number of aliphatic carboxylic acids is 1. The van der Waals surface area contributed by atoms with E-state index >= 15 is 0 Å². The minimum atomic E-state index is -2.46. The average Bonchev–Trinajstić information content (AvgIpc) is 2.78. The van der Waals surface area contributed by atoms with E-state index in [0.29, 0.717) is 0 Å². The molecule has 0 radical (unpaired) electrons. The minimum Gasteiger partial charge on any atom is -0.479 e. The lowest BCUT2D eigenvalue weighted by atomic mass is 10.1. The number of rotatable bonds is 3. The number of halogens is 3. The van der Waals surface area contributed by atoms with Crippen LogP contribution in [0.3, 0.4) is 0 Å². The van der Waals surface area contributed by atoms with E-state index in [0.717, 1.165) is 23.1 Å². The summed E-state index contributed by atoms with van der Waals surface area (Å²) in [5.41, 5.74) is -2.60. The SMILES string of the molecule is O=C(Cc1cc(F)ccc1F)N1CCC(F)(C(=O)O)C1. The topological polar surface area (TPSA) is 57.6 Å². The summed E-state index contributed by atoms with van der Waals surface area (Å²) >= 11 is 0. The quantitative estimate of drug-likeness (QED) is 0.917. The molecule has 1 unspecified atom stereocenters. The third-order valence-corrected chi connectivity index (χ3v) is 3.30. The highest BCUT2D eigenvalue weighted by atomic mass is 19.1. The summed E-state index contributed by atoms with van der Waals surface area (Å²) in [5, 5.41) is 8.72. The van der Waals surface area contributed by atoms with Gasteiger partial charge >= 0.3 is 5.97 Å². The Morgan fingerprint density at radius 3 is 2.65 bits per heavy atom. The molecule has 1 aliphatic heterocycles. The van der Waals surface area contributed by atoms with Crippen molar-refractivity contribution in [3.05, 3.63) is 35.4 Å². The second kappa shape index (κ2) is 5.15. The zero-order chi connectivity index (χ0) is 14.9. The molecular formula is C13H12F3NO3. The number of nitrogens with zero attached hydrogens (tertiary/aromatic N) is 1. The second-order valence-electron chi connectivity index (χ2n) is 4.75. The van der Waals surface area contributed by atoms with E-state index in [-0.39, 0.29) is 18.5 Å². The fourth-order valence-electron chi connectivity index (χ4n) is 2.11. The van der Waals surface area contributed by atoms with E-state index in [9.17, 15) is 22.8 Å². The maximum Gasteiger partial charge on any atom is 0.343 e. The summed E-state index contributed by atoms with van der Waals surface area (Å²) in [6, 6.07) is 2.72. The van der Waals surface area contributed by atoms with Gasteiger partial charge in [-0.25, -0.2) is 18.0 Å². The van der Waals surface area contributed by atoms with Gasteiger partial charge in [0, 0.05) is 18.5 Å². The molecule has 4 nitrogen and oxygen atoms in total. The number of carboxylic acid groups (broad SMARTS) is 1. The van der Waals surface area contributed by atoms with Crippen molar-refractivity contribution in [1.82, 2.24) is 4.90 Å². The fraction of sp³-hybridized carbons (Fsp3) is 0.385. The van der Waals surface area contributed by atoms with Gasteiger partial charge in [-0.1, -0.05) is 0 Å². The van der Waals surface area contributed by atoms with Gasteiger partial charge in [-0.15, -0.1) is 0 Å². The van der Waals surface area contributed by atoms with Crippen LogP contribution in [0.15, 0.2) is 18.2 Å². The first-order valence-electron chi connectivity index (χ1n) is 5.96. The molecule has 1 N–H and O–H groups in total. The van der Waals surface area contributed by atoms with Crippen molar-refractivity contribution >= 4 is 11.9 Å². The Morgan fingerprint density at radius 2 is 2.05 bits per heavy atom. The van der Waals surface area contributed by atoms with Gasteiger partial charge in [-0.05, 0) is 18.2 Å². The highest BCUT2D eigenvalue weighted by molar-refractivity contribution is 5.83. The number of likely N-dealkylation sites (tertiary alicyclic amines) is 1. The molecule has 1 heterocycles. The molecule has 1 amide bonds. The summed E-state index contributed by atoms with van der Waals surface area (Å²) in [6.07, 6.45) is -0.737. The van der Waals surface area contributed by atoms with Crippen LogP contribution in [-0.2, 0) is 16.0 Å². The molecule has 7 heteroatoms. The van der Waals surface area contributed by atoms with Crippen LogP contribution in [0, 0.1) is 11.6 Å². The van der Waals surface area contributed by atoms with Gasteiger partial charge in [0.05, 0.1) is 13.0 Å². The number of carbonyl (C=O) groups excluding carboxylic acids is 1. The average molecular weight is 287 g/mol. The van der Waals surface area contributed by atoms with Crippen LogP contribution >= 0.6 is 0 Å². The van der Waals surface area contributed by atoms with Crippen LogP contribution in [0.2, 0.25) is 0 Å². The Hall–Kier alpha value is -2.05. The summed E-state index contributed by atoms with van der Waals surface area (Å²) in [4.78, 5) is 23.6. The van der Waals surface area contributed by atoms with Crippen molar-refractivity contribution < 1.29 is 27.9 Å². The minimum absolute atomic E-state index is 0.0570. The zero-order valence-corrected chi connectivity index (χ0v) is 10.4. The number of hydrogen-bond acceptors (Lipinski definition) is 2. The van der Waals surface area contributed by atoms with E-state index in [2.05, 4.69) is 0 Å². The Morgan fingerprint density at radius 1 is 1.35 bits per heavy atom. The van der Waals surface area contributed by atoms with E-state index in [4.69, 9.17) is 5.11 Å². The van der Waals surface area contributed by atoms with Gasteiger partial charge < -0.3 is 10.0 Å². The van der Waals surface area contributed by atoms with Gasteiger partial charge in [-0.2, -0.15) is 0 Å². The number of carboxylic acids is 1. The lowest BCUT2D eigenvalue weighted by Gasteiger charge is -2.17. The fourth-order valence-corrected chi connectivity index (χ4v) is 2.11. The highest BCUT2D eigenvalue weighted by Crippen LogP contribution is 2.26. The summed E-state index contributed by atoms with van der Waals surface area (Å²) in [6.45, 7) is -0.628. The maximum absolute atomic E-state index is 13.8. The summed E-state index contributed by atoms with van der Waals surface area (Å²) in [5.74, 6) is -3.66. The molecule has 108 valence electrons. The summed E-state index contributed by atoms with van der Waals surface area (Å²) < 4.78 is 40.2. The van der Waals surface area contributed by atoms with Crippen LogP contribution < -0.4 is 0 Å². The molecule has 0 bridgehead atoms. The van der Waals surface area contributed by atoms with Crippen LogP contribution in [0.5, 0.6) is 0 Å². The molecule has 0 aliphatic carbocycles. The van der Waals surface area contributed by atoms with Gasteiger partial charge in [-0.3, -0.25) is 4.79 Å².